The Kier molecular flexibility index (Phi) is 7.26. The van der Waals surface area contributed by atoms with E-state index >= 15 is 0 Å². The van der Waals surface area contributed by atoms with Crippen LogP contribution in [0.5, 0.6) is 0 Å². The van der Waals surface area contributed by atoms with E-state index in [2.05, 4.69) is 217 Å². The monoisotopic (exact) mass is 775 g/mol. The van der Waals surface area contributed by atoms with Crippen LogP contribution in [0.3, 0.4) is 0 Å². The molecule has 2 nitrogen and oxygen atoms in total. The summed E-state index contributed by atoms with van der Waals surface area (Å²) in [6, 6.07) is 82.2. The van der Waals surface area contributed by atoms with Crippen molar-refractivity contribution in [3.05, 3.63) is 247 Å². The molecule has 0 radical (unpaired) electrons. The number of hydrogen-bond acceptors (Lipinski definition) is 2. The maximum absolute atomic E-state index is 6.47. The van der Waals surface area contributed by atoms with E-state index in [1.807, 2.05) is 12.1 Å². The highest BCUT2D eigenvalue weighted by Crippen LogP contribution is 2.63. The molecular formula is C59H37NO. The maximum atomic E-state index is 6.47. The fourth-order valence-corrected chi connectivity index (χ4v) is 10.7. The molecule has 0 unspecified atom stereocenters. The van der Waals surface area contributed by atoms with Gasteiger partial charge in [-0.1, -0.05) is 182 Å². The zero-order valence-electron chi connectivity index (χ0n) is 33.2. The number of anilines is 3. The van der Waals surface area contributed by atoms with Crippen LogP contribution in [0.15, 0.2) is 229 Å². The lowest BCUT2D eigenvalue weighted by atomic mass is 9.70. The summed E-state index contributed by atoms with van der Waals surface area (Å²) < 4.78 is 6.47. The van der Waals surface area contributed by atoms with E-state index in [9.17, 15) is 0 Å². The lowest BCUT2D eigenvalue weighted by Gasteiger charge is -2.31. The zero-order chi connectivity index (χ0) is 40.1. The van der Waals surface area contributed by atoms with Gasteiger partial charge in [-0.05, 0) is 114 Å². The van der Waals surface area contributed by atoms with E-state index in [1.54, 1.807) is 0 Å². The van der Waals surface area contributed by atoms with Crippen LogP contribution in [-0.4, -0.2) is 0 Å². The number of rotatable bonds is 5. The van der Waals surface area contributed by atoms with Crippen molar-refractivity contribution in [2.75, 3.05) is 4.90 Å². The van der Waals surface area contributed by atoms with Crippen molar-refractivity contribution in [2.24, 2.45) is 0 Å². The predicted molar refractivity (Wildman–Crippen MR) is 253 cm³/mol. The summed E-state index contributed by atoms with van der Waals surface area (Å²) in [6.07, 6.45) is 0. The summed E-state index contributed by atoms with van der Waals surface area (Å²) >= 11 is 0. The van der Waals surface area contributed by atoms with Gasteiger partial charge >= 0.3 is 0 Å². The molecule has 0 fully saturated rings. The largest absolute Gasteiger partial charge is 0.455 e. The minimum absolute atomic E-state index is 0.387. The molecular weight excluding hydrogens is 739 g/mol. The van der Waals surface area contributed by atoms with Crippen molar-refractivity contribution in [1.29, 1.82) is 0 Å². The third-order valence-corrected chi connectivity index (χ3v) is 13.3. The third kappa shape index (κ3) is 4.85. The molecule has 0 saturated carbocycles. The Balaban J connectivity index is 0.984. The van der Waals surface area contributed by atoms with Crippen LogP contribution in [-0.2, 0) is 5.41 Å². The average Bonchev–Trinajstić information content (AvgIpc) is 3.96. The molecule has 0 saturated heterocycles. The smallest absolute Gasteiger partial charge is 0.143 e. The van der Waals surface area contributed by atoms with Gasteiger partial charge in [0.25, 0.3) is 0 Å². The molecule has 10 aromatic carbocycles. The lowest BCUT2D eigenvalue weighted by Crippen LogP contribution is -2.25. The van der Waals surface area contributed by atoms with Crippen LogP contribution in [0.25, 0.3) is 77.2 Å². The predicted octanol–water partition coefficient (Wildman–Crippen LogP) is 15.9. The topological polar surface area (TPSA) is 16.4 Å². The first-order valence-electron chi connectivity index (χ1n) is 21.1. The van der Waals surface area contributed by atoms with E-state index in [0.29, 0.717) is 0 Å². The molecule has 0 atom stereocenters. The highest BCUT2D eigenvalue weighted by molar-refractivity contribution is 6.09. The average molecular weight is 776 g/mol. The summed E-state index contributed by atoms with van der Waals surface area (Å²) in [4.78, 5) is 2.41. The quantitative estimate of drug-likeness (QED) is 0.173. The Labute approximate surface area is 354 Å². The lowest BCUT2D eigenvalue weighted by molar-refractivity contribution is 0.670. The number of hydrogen-bond donors (Lipinski definition) is 0. The van der Waals surface area contributed by atoms with Crippen molar-refractivity contribution in [3.8, 4) is 44.5 Å². The molecule has 2 aliphatic rings. The normalized spacial score (nSPS) is 13.0. The maximum Gasteiger partial charge on any atom is 0.143 e. The van der Waals surface area contributed by atoms with E-state index in [1.165, 1.54) is 66.4 Å². The van der Waals surface area contributed by atoms with Crippen molar-refractivity contribution in [3.63, 3.8) is 0 Å². The second-order valence-corrected chi connectivity index (χ2v) is 16.4. The first-order chi connectivity index (χ1) is 30.3. The first-order valence-corrected chi connectivity index (χ1v) is 21.1. The number of fused-ring (bicyclic) bond motifs is 14. The van der Waals surface area contributed by atoms with Crippen molar-refractivity contribution < 1.29 is 4.42 Å². The Hall–Kier alpha value is -7.94. The molecule has 0 bridgehead atoms. The Morgan fingerprint density at radius 1 is 0.311 bits per heavy atom. The van der Waals surface area contributed by atoms with Gasteiger partial charge in [-0.15, -0.1) is 0 Å². The van der Waals surface area contributed by atoms with Gasteiger partial charge in [-0.2, -0.15) is 0 Å². The fraction of sp³-hybridized carbons (Fsp3) is 0.0169. The van der Waals surface area contributed by atoms with Gasteiger partial charge in [0.1, 0.15) is 11.2 Å². The van der Waals surface area contributed by atoms with Crippen molar-refractivity contribution >= 4 is 49.8 Å². The van der Waals surface area contributed by atoms with Gasteiger partial charge in [0.2, 0.25) is 0 Å². The fourth-order valence-electron chi connectivity index (χ4n) is 10.7. The molecule has 1 aromatic heterocycles. The third-order valence-electron chi connectivity index (χ3n) is 13.3. The molecule has 2 aliphatic carbocycles. The van der Waals surface area contributed by atoms with Gasteiger partial charge in [-0.3, -0.25) is 0 Å². The van der Waals surface area contributed by atoms with Gasteiger partial charge in [-0.25, -0.2) is 0 Å². The van der Waals surface area contributed by atoms with Crippen LogP contribution in [0.4, 0.5) is 17.1 Å². The summed E-state index contributed by atoms with van der Waals surface area (Å²) in [5, 5.41) is 4.77. The minimum atomic E-state index is -0.387. The Morgan fingerprint density at radius 2 is 0.770 bits per heavy atom. The number of nitrogens with zero attached hydrogens (tertiary/aromatic N) is 1. The summed E-state index contributed by atoms with van der Waals surface area (Å²) in [5.41, 5.74) is 19.9. The van der Waals surface area contributed by atoms with Gasteiger partial charge in [0.15, 0.2) is 0 Å². The molecule has 1 spiro atoms. The van der Waals surface area contributed by atoms with Crippen LogP contribution < -0.4 is 4.90 Å². The SMILES string of the molecule is c1ccc2c(c1)-c1ccccc1C21c2ccccc2-c2cc(N(c3ccc(-c4cccc5ccccc45)cc3)c3ccc(-c4cccc5c4oc4ccccc45)cc3)ccc21. The standard InChI is InChI=1S/C59H37NO/c1-2-15-44-38(13-1)14-11-20-45(44)39-27-31-41(32-28-39)60(42-33-29-40(30-34-42)46-21-12-22-51-50-19-6-10-26-57(50)61-58(46)51)43-35-36-56-52(37-43)49-18-5-9-25-55(49)59(56)53-23-7-3-16-47(53)48-17-4-8-24-54(48)59/h1-37H. The number of para-hydroxylation sites is 2. The Bertz CT molecular complexity index is 3490. The van der Waals surface area contributed by atoms with Gasteiger partial charge in [0.05, 0.1) is 5.41 Å². The molecule has 0 aliphatic heterocycles. The molecule has 61 heavy (non-hydrogen) atoms. The van der Waals surface area contributed by atoms with Crippen LogP contribution >= 0.6 is 0 Å². The number of furan rings is 1. The molecule has 11 aromatic rings. The second kappa shape index (κ2) is 13.0. The van der Waals surface area contributed by atoms with Gasteiger partial charge < -0.3 is 9.32 Å². The van der Waals surface area contributed by atoms with Crippen LogP contribution in [0.2, 0.25) is 0 Å². The highest BCUT2D eigenvalue weighted by atomic mass is 16.3. The van der Waals surface area contributed by atoms with Crippen LogP contribution in [0.1, 0.15) is 22.3 Å². The molecule has 284 valence electrons. The van der Waals surface area contributed by atoms with Crippen LogP contribution in [0, 0.1) is 0 Å². The molecule has 0 N–H and O–H groups in total. The number of benzene rings is 10. The zero-order valence-corrected chi connectivity index (χ0v) is 33.2. The van der Waals surface area contributed by atoms with E-state index < -0.39 is 0 Å². The van der Waals surface area contributed by atoms with Crippen molar-refractivity contribution in [1.82, 2.24) is 0 Å². The summed E-state index contributed by atoms with van der Waals surface area (Å²) in [6.45, 7) is 0. The Morgan fingerprint density at radius 3 is 1.46 bits per heavy atom. The summed E-state index contributed by atoms with van der Waals surface area (Å²) in [7, 11) is 0. The van der Waals surface area contributed by atoms with Gasteiger partial charge in [0, 0.05) is 33.4 Å². The summed E-state index contributed by atoms with van der Waals surface area (Å²) in [5.74, 6) is 0. The van der Waals surface area contributed by atoms with E-state index in [0.717, 1.165) is 50.1 Å². The minimum Gasteiger partial charge on any atom is -0.455 e. The van der Waals surface area contributed by atoms with E-state index in [-0.39, 0.29) is 5.41 Å². The highest BCUT2D eigenvalue weighted by Gasteiger charge is 2.51. The van der Waals surface area contributed by atoms with Crippen molar-refractivity contribution in [2.45, 2.75) is 5.41 Å². The molecule has 2 heteroatoms. The molecule has 0 amide bonds. The molecule has 13 rings (SSSR count). The second-order valence-electron chi connectivity index (χ2n) is 16.4. The van der Waals surface area contributed by atoms with E-state index in [4.69, 9.17) is 4.42 Å². The first kappa shape index (κ1) is 34.0. The molecule has 1 heterocycles.